The second kappa shape index (κ2) is 5.34. The molecule has 0 atom stereocenters. The summed E-state index contributed by atoms with van der Waals surface area (Å²) in [4.78, 5) is 15.1. The van der Waals surface area contributed by atoms with Crippen molar-refractivity contribution in [3.05, 3.63) is 27.5 Å². The molecule has 0 fully saturated rings. The Labute approximate surface area is 99.9 Å². The van der Waals surface area contributed by atoms with Crippen LogP contribution in [0, 0.1) is 6.92 Å². The van der Waals surface area contributed by atoms with Gasteiger partial charge in [0.15, 0.2) is 0 Å². The van der Waals surface area contributed by atoms with E-state index >= 15 is 0 Å². The number of pyridine rings is 1. The third-order valence-electron chi connectivity index (χ3n) is 1.90. The van der Waals surface area contributed by atoms with Crippen LogP contribution >= 0.6 is 15.9 Å². The molecule has 0 radical (unpaired) electrons. The Balaban J connectivity index is 3.17. The topological polar surface area (TPSA) is 39.2 Å². The van der Waals surface area contributed by atoms with Crippen molar-refractivity contribution in [1.29, 1.82) is 0 Å². The molecule has 1 rings (SSSR count). The molecule has 0 aromatic carbocycles. The Hall–Kier alpha value is -1.04. The zero-order valence-electron chi connectivity index (χ0n) is 8.76. The van der Waals surface area contributed by atoms with Crippen molar-refractivity contribution in [3.8, 4) is 0 Å². The lowest BCUT2D eigenvalue weighted by molar-refractivity contribution is 0.0523. The maximum Gasteiger partial charge on any atom is 0.341 e. The van der Waals surface area contributed by atoms with E-state index in [1.807, 2.05) is 0 Å². The van der Waals surface area contributed by atoms with Crippen LogP contribution in [0.3, 0.4) is 0 Å². The van der Waals surface area contributed by atoms with Gasteiger partial charge in [0.2, 0.25) is 0 Å². The highest BCUT2D eigenvalue weighted by Gasteiger charge is 2.19. The van der Waals surface area contributed by atoms with Gasteiger partial charge in [-0.05, 0) is 41.4 Å². The van der Waals surface area contributed by atoms with Gasteiger partial charge in [-0.15, -0.1) is 0 Å². The van der Waals surface area contributed by atoms with Gasteiger partial charge in [0, 0.05) is 0 Å². The van der Waals surface area contributed by atoms with E-state index in [0.717, 1.165) is 0 Å². The molecule has 0 aliphatic rings. The molecule has 0 aliphatic heterocycles. The summed E-state index contributed by atoms with van der Waals surface area (Å²) in [7, 11) is 0. The van der Waals surface area contributed by atoms with Crippen LogP contribution in [0.15, 0.2) is 10.7 Å². The second-order valence-electron chi connectivity index (χ2n) is 3.05. The third-order valence-corrected chi connectivity index (χ3v) is 2.47. The number of hydrogen-bond acceptors (Lipinski definition) is 3. The first-order valence-corrected chi connectivity index (χ1v) is 5.39. The molecule has 0 bridgehead atoms. The molecule has 1 aromatic heterocycles. The molecule has 3 nitrogen and oxygen atoms in total. The SMILES string of the molecule is CCOC(=O)c1c(C)cc(C(F)F)nc1Br. The van der Waals surface area contributed by atoms with Crippen molar-refractivity contribution >= 4 is 21.9 Å². The lowest BCUT2D eigenvalue weighted by Crippen LogP contribution is -2.10. The van der Waals surface area contributed by atoms with E-state index in [0.29, 0.717) is 5.56 Å². The van der Waals surface area contributed by atoms with Gasteiger partial charge in [0.1, 0.15) is 10.3 Å². The van der Waals surface area contributed by atoms with Crippen LogP contribution in [0.2, 0.25) is 0 Å². The summed E-state index contributed by atoms with van der Waals surface area (Å²) in [6, 6.07) is 1.18. The average Bonchev–Trinajstić information content (AvgIpc) is 2.16. The maximum absolute atomic E-state index is 12.4. The van der Waals surface area contributed by atoms with Crippen molar-refractivity contribution in [2.75, 3.05) is 6.61 Å². The summed E-state index contributed by atoms with van der Waals surface area (Å²) in [6.07, 6.45) is -2.66. The highest BCUT2D eigenvalue weighted by Crippen LogP contribution is 2.25. The minimum Gasteiger partial charge on any atom is -0.462 e. The fourth-order valence-corrected chi connectivity index (χ4v) is 1.90. The van der Waals surface area contributed by atoms with Crippen LogP contribution in [0.4, 0.5) is 8.78 Å². The normalized spacial score (nSPS) is 10.6. The number of aromatic nitrogens is 1. The van der Waals surface area contributed by atoms with Crippen molar-refractivity contribution in [1.82, 2.24) is 4.98 Å². The lowest BCUT2D eigenvalue weighted by atomic mass is 10.1. The monoisotopic (exact) mass is 293 g/mol. The number of halogens is 3. The summed E-state index contributed by atoms with van der Waals surface area (Å²) in [5.41, 5.74) is 0.235. The molecule has 88 valence electrons. The number of rotatable bonds is 3. The Kier molecular flexibility index (Phi) is 4.35. The van der Waals surface area contributed by atoms with Gasteiger partial charge in [-0.3, -0.25) is 0 Å². The second-order valence-corrected chi connectivity index (χ2v) is 3.80. The van der Waals surface area contributed by atoms with Crippen molar-refractivity contribution in [2.24, 2.45) is 0 Å². The largest absolute Gasteiger partial charge is 0.462 e. The molecule has 16 heavy (non-hydrogen) atoms. The number of carbonyl (C=O) groups excluding carboxylic acids is 1. The van der Waals surface area contributed by atoms with E-state index in [-0.39, 0.29) is 22.5 Å². The summed E-state index contributed by atoms with van der Waals surface area (Å²) < 4.78 is 29.7. The number of ether oxygens (including phenoxy) is 1. The van der Waals surface area contributed by atoms with E-state index in [2.05, 4.69) is 20.9 Å². The fraction of sp³-hybridized carbons (Fsp3) is 0.400. The van der Waals surface area contributed by atoms with Gasteiger partial charge in [-0.1, -0.05) is 0 Å². The molecule has 0 saturated carbocycles. The molecule has 0 saturated heterocycles. The predicted octanol–water partition coefficient (Wildman–Crippen LogP) is 3.27. The molecule has 0 spiro atoms. The molecular formula is C10H10BrF2NO2. The van der Waals surface area contributed by atoms with E-state index < -0.39 is 12.4 Å². The number of esters is 1. The first-order chi connectivity index (χ1) is 7.47. The van der Waals surface area contributed by atoms with Crippen LogP contribution in [0.25, 0.3) is 0 Å². The van der Waals surface area contributed by atoms with Crippen LogP contribution in [0.1, 0.15) is 35.0 Å². The highest BCUT2D eigenvalue weighted by molar-refractivity contribution is 9.10. The first-order valence-electron chi connectivity index (χ1n) is 4.59. The molecule has 0 N–H and O–H groups in total. The van der Waals surface area contributed by atoms with Gasteiger partial charge in [0.25, 0.3) is 6.43 Å². The Morgan fingerprint density at radius 2 is 2.25 bits per heavy atom. The molecule has 1 heterocycles. The quantitative estimate of drug-likeness (QED) is 0.634. The van der Waals surface area contributed by atoms with Gasteiger partial charge in [-0.2, -0.15) is 0 Å². The van der Waals surface area contributed by atoms with Gasteiger partial charge >= 0.3 is 5.97 Å². The van der Waals surface area contributed by atoms with Crippen LogP contribution in [-0.4, -0.2) is 17.6 Å². The molecule has 6 heteroatoms. The molecule has 1 aromatic rings. The minimum atomic E-state index is -2.66. The van der Waals surface area contributed by atoms with E-state index in [4.69, 9.17) is 4.74 Å². The standard InChI is InChI=1S/C10H10BrF2NO2/c1-3-16-10(15)7-5(2)4-6(9(12)13)14-8(7)11/h4,9H,3H2,1-2H3. The van der Waals surface area contributed by atoms with Crippen molar-refractivity contribution in [2.45, 2.75) is 20.3 Å². The van der Waals surface area contributed by atoms with Gasteiger partial charge in [0.05, 0.1) is 12.2 Å². The summed E-state index contributed by atoms with van der Waals surface area (Å²) >= 11 is 2.99. The zero-order valence-corrected chi connectivity index (χ0v) is 10.3. The maximum atomic E-state index is 12.4. The lowest BCUT2D eigenvalue weighted by Gasteiger charge is -2.09. The van der Waals surface area contributed by atoms with E-state index in [1.54, 1.807) is 13.8 Å². The average molecular weight is 294 g/mol. The molecule has 0 aliphatic carbocycles. The number of nitrogens with zero attached hydrogens (tertiary/aromatic N) is 1. The first kappa shape index (κ1) is 13.0. The zero-order chi connectivity index (χ0) is 12.3. The van der Waals surface area contributed by atoms with Crippen LogP contribution < -0.4 is 0 Å². The Bertz CT molecular complexity index is 387. The minimum absolute atomic E-state index is 0.0845. The Morgan fingerprint density at radius 3 is 2.69 bits per heavy atom. The smallest absolute Gasteiger partial charge is 0.341 e. The van der Waals surface area contributed by atoms with Gasteiger partial charge in [-0.25, -0.2) is 18.6 Å². The molecule has 0 unspecified atom stereocenters. The number of hydrogen-bond donors (Lipinski definition) is 0. The summed E-state index contributed by atoms with van der Waals surface area (Å²) in [5, 5.41) is 0. The van der Waals surface area contributed by atoms with Gasteiger partial charge < -0.3 is 4.74 Å². The summed E-state index contributed by atoms with van der Waals surface area (Å²) in [5.74, 6) is -0.569. The van der Waals surface area contributed by atoms with Crippen molar-refractivity contribution in [3.63, 3.8) is 0 Å². The van der Waals surface area contributed by atoms with E-state index in [9.17, 15) is 13.6 Å². The number of alkyl halides is 2. The highest BCUT2D eigenvalue weighted by atomic mass is 79.9. The van der Waals surface area contributed by atoms with Crippen LogP contribution in [0.5, 0.6) is 0 Å². The predicted molar refractivity (Wildman–Crippen MR) is 57.6 cm³/mol. The third kappa shape index (κ3) is 2.75. The fourth-order valence-electron chi connectivity index (χ4n) is 1.22. The van der Waals surface area contributed by atoms with Crippen LogP contribution in [-0.2, 0) is 4.74 Å². The van der Waals surface area contributed by atoms with E-state index in [1.165, 1.54) is 6.07 Å². The number of carbonyl (C=O) groups is 1. The van der Waals surface area contributed by atoms with Crippen molar-refractivity contribution < 1.29 is 18.3 Å². The Morgan fingerprint density at radius 1 is 1.62 bits per heavy atom. The number of aryl methyl sites for hydroxylation is 1. The summed E-state index contributed by atoms with van der Waals surface area (Å²) in [6.45, 7) is 3.45. The molecule has 0 amide bonds. The molecular weight excluding hydrogens is 284 g/mol.